The fourth-order valence-corrected chi connectivity index (χ4v) is 5.06. The van der Waals surface area contributed by atoms with Gasteiger partial charge in [-0.3, -0.25) is 0 Å². The van der Waals surface area contributed by atoms with Gasteiger partial charge in [-0.1, -0.05) is 13.8 Å². The summed E-state index contributed by atoms with van der Waals surface area (Å²) >= 11 is 1.36. The first-order valence-electron chi connectivity index (χ1n) is 7.35. The first-order valence-corrected chi connectivity index (χ1v) is 9.60. The minimum Gasteiger partial charge on any atom is -0.380 e. The van der Waals surface area contributed by atoms with Crippen LogP contribution in [0.2, 0.25) is 0 Å². The van der Waals surface area contributed by atoms with E-state index in [-0.39, 0.29) is 0 Å². The molecule has 0 bridgehead atoms. The van der Waals surface area contributed by atoms with Gasteiger partial charge in [-0.2, -0.15) is 4.31 Å². The predicted molar refractivity (Wildman–Crippen MR) is 87.4 cm³/mol. The van der Waals surface area contributed by atoms with E-state index in [0.29, 0.717) is 37.1 Å². The molecule has 0 saturated heterocycles. The Morgan fingerprint density at radius 3 is 2.62 bits per heavy atom. The molecular weight excluding hydrogens is 308 g/mol. The Bertz CT molecular complexity index is 526. The largest absolute Gasteiger partial charge is 0.380 e. The van der Waals surface area contributed by atoms with Gasteiger partial charge < -0.3 is 10.1 Å². The van der Waals surface area contributed by atoms with E-state index in [1.165, 1.54) is 15.6 Å². The van der Waals surface area contributed by atoms with Crippen LogP contribution in [0.15, 0.2) is 10.3 Å². The van der Waals surface area contributed by atoms with Crippen molar-refractivity contribution in [3.8, 4) is 0 Å². The van der Waals surface area contributed by atoms with Crippen LogP contribution in [-0.4, -0.2) is 45.6 Å². The summed E-state index contributed by atoms with van der Waals surface area (Å²) in [5.41, 5.74) is 1.03. The maximum atomic E-state index is 12.7. The van der Waals surface area contributed by atoms with Crippen molar-refractivity contribution in [1.82, 2.24) is 9.62 Å². The van der Waals surface area contributed by atoms with Gasteiger partial charge in [0.05, 0.1) is 6.61 Å². The second-order valence-corrected chi connectivity index (χ2v) is 7.95. The fourth-order valence-electron chi connectivity index (χ4n) is 1.92. The number of hydrogen-bond acceptors (Lipinski definition) is 5. The topological polar surface area (TPSA) is 58.6 Å². The van der Waals surface area contributed by atoms with Crippen LogP contribution < -0.4 is 5.32 Å². The molecule has 1 aromatic rings. The van der Waals surface area contributed by atoms with Gasteiger partial charge in [-0.25, -0.2) is 8.42 Å². The number of aryl methyl sites for hydroxylation is 1. The van der Waals surface area contributed by atoms with Crippen molar-refractivity contribution in [3.05, 3.63) is 16.5 Å². The highest BCUT2D eigenvalue weighted by molar-refractivity contribution is 7.91. The number of nitrogens with zero attached hydrogens (tertiary/aromatic N) is 1. The lowest BCUT2D eigenvalue weighted by Crippen LogP contribution is -2.33. The standard InChI is InChI=1S/C14H26N2O3S2/c1-5-15-11-13-12(4)10-14(20-13)21(17,18)16(6-2)8-9-19-7-3/h10,15H,5-9,11H2,1-4H3. The molecule has 0 aliphatic heterocycles. The molecule has 0 unspecified atom stereocenters. The van der Waals surface area contributed by atoms with Crippen LogP contribution in [0.5, 0.6) is 0 Å². The molecule has 0 spiro atoms. The van der Waals surface area contributed by atoms with Gasteiger partial charge in [0.15, 0.2) is 0 Å². The number of hydrogen-bond donors (Lipinski definition) is 1. The number of sulfonamides is 1. The third-order valence-electron chi connectivity index (χ3n) is 3.17. The van der Waals surface area contributed by atoms with Gasteiger partial charge in [-0.15, -0.1) is 11.3 Å². The van der Waals surface area contributed by atoms with Crippen LogP contribution in [0.3, 0.4) is 0 Å². The molecule has 0 aliphatic carbocycles. The highest BCUT2D eigenvalue weighted by Gasteiger charge is 2.25. The van der Waals surface area contributed by atoms with E-state index in [1.807, 2.05) is 27.7 Å². The van der Waals surface area contributed by atoms with E-state index in [2.05, 4.69) is 5.32 Å². The lowest BCUT2D eigenvalue weighted by molar-refractivity contribution is 0.135. The van der Waals surface area contributed by atoms with Crippen molar-refractivity contribution in [2.75, 3.05) is 32.8 Å². The molecule has 0 saturated carbocycles. The highest BCUT2D eigenvalue weighted by Crippen LogP contribution is 2.28. The van der Waals surface area contributed by atoms with Crippen LogP contribution >= 0.6 is 11.3 Å². The molecule has 0 atom stereocenters. The van der Waals surface area contributed by atoms with Crippen molar-refractivity contribution in [3.63, 3.8) is 0 Å². The van der Waals surface area contributed by atoms with Crippen molar-refractivity contribution in [1.29, 1.82) is 0 Å². The maximum Gasteiger partial charge on any atom is 0.252 e. The molecule has 7 heteroatoms. The van der Waals surface area contributed by atoms with Crippen molar-refractivity contribution >= 4 is 21.4 Å². The molecule has 0 amide bonds. The van der Waals surface area contributed by atoms with E-state index in [4.69, 9.17) is 4.74 Å². The van der Waals surface area contributed by atoms with Crippen LogP contribution in [0.4, 0.5) is 0 Å². The van der Waals surface area contributed by atoms with Gasteiger partial charge in [0.25, 0.3) is 10.0 Å². The summed E-state index contributed by atoms with van der Waals surface area (Å²) in [6.07, 6.45) is 0. The van der Waals surface area contributed by atoms with E-state index >= 15 is 0 Å². The van der Waals surface area contributed by atoms with Crippen molar-refractivity contribution in [2.24, 2.45) is 0 Å². The van der Waals surface area contributed by atoms with Crippen LogP contribution in [-0.2, 0) is 21.3 Å². The van der Waals surface area contributed by atoms with Crippen LogP contribution in [0.25, 0.3) is 0 Å². The quantitative estimate of drug-likeness (QED) is 0.667. The summed E-state index contributed by atoms with van der Waals surface area (Å²) < 4.78 is 32.5. The number of thiophene rings is 1. The SMILES string of the molecule is CCNCc1sc(S(=O)(=O)N(CC)CCOCC)cc1C. The summed E-state index contributed by atoms with van der Waals surface area (Å²) in [6.45, 7) is 11.2. The molecule has 1 rings (SSSR count). The van der Waals surface area contributed by atoms with Crippen LogP contribution in [0.1, 0.15) is 31.2 Å². The van der Waals surface area contributed by atoms with E-state index in [0.717, 1.165) is 17.0 Å². The number of nitrogens with one attached hydrogen (secondary N) is 1. The zero-order chi connectivity index (χ0) is 15.9. The Hall–Kier alpha value is -0.470. The fraction of sp³-hybridized carbons (Fsp3) is 0.714. The number of likely N-dealkylation sites (N-methyl/N-ethyl adjacent to an activating group) is 1. The van der Waals surface area contributed by atoms with Gasteiger partial charge in [0.2, 0.25) is 0 Å². The number of ether oxygens (including phenoxy) is 1. The molecule has 5 nitrogen and oxygen atoms in total. The summed E-state index contributed by atoms with van der Waals surface area (Å²) in [5, 5.41) is 3.24. The Kier molecular flexibility index (Phi) is 7.83. The normalized spacial score (nSPS) is 12.2. The lowest BCUT2D eigenvalue weighted by Gasteiger charge is -2.19. The molecule has 1 aromatic heterocycles. The molecule has 21 heavy (non-hydrogen) atoms. The molecule has 0 radical (unpaired) electrons. The van der Waals surface area contributed by atoms with E-state index < -0.39 is 10.0 Å². The highest BCUT2D eigenvalue weighted by atomic mass is 32.2. The van der Waals surface area contributed by atoms with Gasteiger partial charge in [0, 0.05) is 31.1 Å². The minimum atomic E-state index is -3.41. The minimum absolute atomic E-state index is 0.395. The summed E-state index contributed by atoms with van der Waals surface area (Å²) in [7, 11) is -3.41. The average molecular weight is 335 g/mol. The maximum absolute atomic E-state index is 12.7. The van der Waals surface area contributed by atoms with E-state index in [1.54, 1.807) is 6.07 Å². The van der Waals surface area contributed by atoms with Gasteiger partial charge in [-0.05, 0) is 32.0 Å². The summed E-state index contributed by atoms with van der Waals surface area (Å²) in [6, 6.07) is 1.77. The third kappa shape index (κ3) is 5.03. The Balaban J connectivity index is 2.89. The number of rotatable bonds is 10. The predicted octanol–water partition coefficient (Wildman–Crippen LogP) is 2.21. The molecule has 0 fully saturated rings. The molecular formula is C14H26N2O3S2. The first-order chi connectivity index (χ1) is 9.97. The zero-order valence-corrected chi connectivity index (χ0v) is 14.9. The van der Waals surface area contributed by atoms with Crippen molar-refractivity contribution < 1.29 is 13.2 Å². The van der Waals surface area contributed by atoms with Gasteiger partial charge in [0.1, 0.15) is 4.21 Å². The second kappa shape index (κ2) is 8.85. The first kappa shape index (κ1) is 18.6. The smallest absolute Gasteiger partial charge is 0.252 e. The average Bonchev–Trinajstić information content (AvgIpc) is 2.83. The third-order valence-corrected chi connectivity index (χ3v) is 6.83. The Morgan fingerprint density at radius 1 is 1.33 bits per heavy atom. The van der Waals surface area contributed by atoms with Crippen molar-refractivity contribution in [2.45, 2.75) is 38.4 Å². The summed E-state index contributed by atoms with van der Waals surface area (Å²) in [5.74, 6) is 0. The molecule has 1 N–H and O–H groups in total. The summed E-state index contributed by atoms with van der Waals surface area (Å²) in [4.78, 5) is 1.08. The molecule has 122 valence electrons. The lowest BCUT2D eigenvalue weighted by atomic mass is 10.3. The van der Waals surface area contributed by atoms with E-state index in [9.17, 15) is 8.42 Å². The van der Waals surface area contributed by atoms with Crippen LogP contribution in [0, 0.1) is 6.92 Å². The molecule has 0 aliphatic rings. The monoisotopic (exact) mass is 334 g/mol. The Labute approximate surface area is 132 Å². The second-order valence-electron chi connectivity index (χ2n) is 4.65. The zero-order valence-electron chi connectivity index (χ0n) is 13.3. The molecule has 1 heterocycles. The molecule has 0 aromatic carbocycles. The Morgan fingerprint density at radius 2 is 2.05 bits per heavy atom. The van der Waals surface area contributed by atoms with Gasteiger partial charge >= 0.3 is 0 Å².